The molecule has 0 heterocycles. The van der Waals surface area contributed by atoms with Crippen LogP contribution in [-0.2, 0) is 11.2 Å². The van der Waals surface area contributed by atoms with Crippen molar-refractivity contribution >= 4 is 11.5 Å². The van der Waals surface area contributed by atoms with E-state index in [2.05, 4.69) is 0 Å². The molecule has 0 aromatic heterocycles. The fraction of sp³-hybridized carbons (Fsp3) is 0.462. The average Bonchev–Trinajstić information content (AvgIpc) is 2.27. The molecule has 1 aromatic rings. The van der Waals surface area contributed by atoms with Crippen molar-refractivity contribution in [2.24, 2.45) is 11.1 Å². The van der Waals surface area contributed by atoms with Gasteiger partial charge in [0, 0.05) is 17.5 Å². The predicted molar refractivity (Wildman–Crippen MR) is 69.2 cm³/mol. The highest BCUT2D eigenvalue weighted by Crippen LogP contribution is 2.19. The van der Waals surface area contributed by atoms with Crippen LogP contribution in [0.3, 0.4) is 0 Å². The Morgan fingerprint density at radius 3 is 2.22 bits per heavy atom. The lowest BCUT2D eigenvalue weighted by Crippen LogP contribution is -2.40. The van der Waals surface area contributed by atoms with Crippen LogP contribution in [0, 0.1) is 15.5 Å². The topological polar surface area (TPSA) is 86.2 Å². The second-order valence-electron chi connectivity index (χ2n) is 5.35. The van der Waals surface area contributed by atoms with Crippen LogP contribution in [0.4, 0.5) is 5.69 Å². The third-order valence-electron chi connectivity index (χ3n) is 2.68. The first kappa shape index (κ1) is 14.3. The van der Waals surface area contributed by atoms with E-state index in [4.69, 9.17) is 5.73 Å². The van der Waals surface area contributed by atoms with Crippen LogP contribution < -0.4 is 5.73 Å². The molecule has 5 heteroatoms. The van der Waals surface area contributed by atoms with E-state index in [-0.39, 0.29) is 11.5 Å². The SMILES string of the molecule is CC(C)(C)C(=O)[C@@H](N)Cc1ccc([N+](=O)[O-])cc1. The largest absolute Gasteiger partial charge is 0.321 e. The van der Waals surface area contributed by atoms with Crippen molar-refractivity contribution in [3.05, 3.63) is 39.9 Å². The highest BCUT2D eigenvalue weighted by Gasteiger charge is 2.27. The van der Waals surface area contributed by atoms with Crippen molar-refractivity contribution in [1.29, 1.82) is 0 Å². The summed E-state index contributed by atoms with van der Waals surface area (Å²) in [6, 6.07) is 5.53. The maximum Gasteiger partial charge on any atom is 0.269 e. The summed E-state index contributed by atoms with van der Waals surface area (Å²) < 4.78 is 0. The van der Waals surface area contributed by atoms with Crippen molar-refractivity contribution in [1.82, 2.24) is 0 Å². The Balaban J connectivity index is 2.74. The van der Waals surface area contributed by atoms with Gasteiger partial charge in [0.15, 0.2) is 5.78 Å². The van der Waals surface area contributed by atoms with Crippen LogP contribution in [0.1, 0.15) is 26.3 Å². The van der Waals surface area contributed by atoms with Gasteiger partial charge in [0.1, 0.15) is 0 Å². The molecular formula is C13H18N2O3. The van der Waals surface area contributed by atoms with Crippen molar-refractivity contribution in [2.75, 3.05) is 0 Å². The first-order chi connectivity index (χ1) is 8.21. The minimum Gasteiger partial charge on any atom is -0.321 e. The number of rotatable bonds is 4. The maximum atomic E-state index is 11.9. The number of ketones is 1. The van der Waals surface area contributed by atoms with E-state index < -0.39 is 16.4 Å². The van der Waals surface area contributed by atoms with Crippen molar-refractivity contribution in [3.63, 3.8) is 0 Å². The molecule has 0 radical (unpaired) electrons. The van der Waals surface area contributed by atoms with Gasteiger partial charge in [-0.25, -0.2) is 0 Å². The molecule has 5 nitrogen and oxygen atoms in total. The molecule has 1 rings (SSSR count). The quantitative estimate of drug-likeness (QED) is 0.654. The predicted octanol–water partition coefficient (Wildman–Crippen LogP) is 2.08. The Kier molecular flexibility index (Phi) is 4.19. The number of nitro benzene ring substituents is 1. The molecule has 0 saturated carbocycles. The number of non-ortho nitro benzene ring substituents is 1. The molecule has 0 aliphatic carbocycles. The molecule has 0 bridgehead atoms. The van der Waals surface area contributed by atoms with Gasteiger partial charge in [-0.05, 0) is 12.0 Å². The van der Waals surface area contributed by atoms with Crippen LogP contribution >= 0.6 is 0 Å². The summed E-state index contributed by atoms with van der Waals surface area (Å²) >= 11 is 0. The van der Waals surface area contributed by atoms with E-state index in [0.29, 0.717) is 6.42 Å². The molecule has 1 atom stereocenters. The van der Waals surface area contributed by atoms with Crippen molar-refractivity contribution < 1.29 is 9.72 Å². The van der Waals surface area contributed by atoms with Gasteiger partial charge in [0.2, 0.25) is 0 Å². The molecule has 0 spiro atoms. The van der Waals surface area contributed by atoms with Crippen LogP contribution in [-0.4, -0.2) is 16.7 Å². The number of benzene rings is 1. The van der Waals surface area contributed by atoms with E-state index in [1.165, 1.54) is 12.1 Å². The summed E-state index contributed by atoms with van der Waals surface area (Å²) in [5.41, 5.74) is 6.24. The van der Waals surface area contributed by atoms with Crippen LogP contribution in [0.2, 0.25) is 0 Å². The molecule has 0 unspecified atom stereocenters. The summed E-state index contributed by atoms with van der Waals surface area (Å²) in [6.07, 6.45) is 0.397. The summed E-state index contributed by atoms with van der Waals surface area (Å²) in [5.74, 6) is -0.0131. The lowest BCUT2D eigenvalue weighted by Gasteiger charge is -2.21. The summed E-state index contributed by atoms with van der Waals surface area (Å²) in [6.45, 7) is 5.47. The zero-order chi connectivity index (χ0) is 13.9. The average molecular weight is 250 g/mol. The van der Waals surface area contributed by atoms with Crippen LogP contribution in [0.5, 0.6) is 0 Å². The molecular weight excluding hydrogens is 232 g/mol. The van der Waals surface area contributed by atoms with Gasteiger partial charge in [0.25, 0.3) is 5.69 Å². The molecule has 1 aromatic carbocycles. The van der Waals surface area contributed by atoms with E-state index in [1.54, 1.807) is 12.1 Å². The molecule has 0 fully saturated rings. The van der Waals surface area contributed by atoms with Gasteiger partial charge in [-0.3, -0.25) is 14.9 Å². The number of nitro groups is 1. The molecule has 98 valence electrons. The Hall–Kier alpha value is -1.75. The van der Waals surface area contributed by atoms with Crippen molar-refractivity contribution in [2.45, 2.75) is 33.2 Å². The number of nitrogens with zero attached hydrogens (tertiary/aromatic N) is 1. The van der Waals surface area contributed by atoms with Gasteiger partial charge in [-0.15, -0.1) is 0 Å². The third kappa shape index (κ3) is 3.63. The standard InChI is InChI=1S/C13H18N2O3/c1-13(2,3)12(16)11(14)8-9-4-6-10(7-5-9)15(17)18/h4-7,11H,8,14H2,1-3H3/t11-/m0/s1. The maximum absolute atomic E-state index is 11.9. The Labute approximate surface area is 106 Å². The number of carbonyl (C=O) groups is 1. The summed E-state index contributed by atoms with van der Waals surface area (Å²) in [4.78, 5) is 22.0. The smallest absolute Gasteiger partial charge is 0.269 e. The van der Waals surface area contributed by atoms with E-state index in [1.807, 2.05) is 20.8 Å². The lowest BCUT2D eigenvalue weighted by molar-refractivity contribution is -0.384. The number of nitrogens with two attached hydrogens (primary N) is 1. The number of Topliss-reactive ketones (excluding diaryl/α,β-unsaturated/α-hetero) is 1. The first-order valence-electron chi connectivity index (χ1n) is 5.75. The summed E-state index contributed by atoms with van der Waals surface area (Å²) in [5, 5.41) is 10.5. The molecule has 2 N–H and O–H groups in total. The number of hydrogen-bond acceptors (Lipinski definition) is 4. The minimum absolute atomic E-state index is 0.0131. The van der Waals surface area contributed by atoms with Crippen LogP contribution in [0.15, 0.2) is 24.3 Å². The molecule has 0 aliphatic heterocycles. The second kappa shape index (κ2) is 5.27. The third-order valence-corrected chi connectivity index (χ3v) is 2.68. The Bertz CT molecular complexity index is 446. The zero-order valence-electron chi connectivity index (χ0n) is 10.8. The molecule has 18 heavy (non-hydrogen) atoms. The highest BCUT2D eigenvalue weighted by atomic mass is 16.6. The monoisotopic (exact) mass is 250 g/mol. The number of carbonyl (C=O) groups excluding carboxylic acids is 1. The van der Waals surface area contributed by atoms with Gasteiger partial charge in [0.05, 0.1) is 11.0 Å². The minimum atomic E-state index is -0.577. The lowest BCUT2D eigenvalue weighted by atomic mass is 9.85. The van der Waals surface area contributed by atoms with E-state index in [9.17, 15) is 14.9 Å². The van der Waals surface area contributed by atoms with Gasteiger partial charge >= 0.3 is 0 Å². The van der Waals surface area contributed by atoms with E-state index in [0.717, 1.165) is 5.56 Å². The zero-order valence-corrected chi connectivity index (χ0v) is 10.8. The van der Waals surface area contributed by atoms with E-state index >= 15 is 0 Å². The van der Waals surface area contributed by atoms with Gasteiger partial charge < -0.3 is 5.73 Å². The number of hydrogen-bond donors (Lipinski definition) is 1. The normalized spacial score (nSPS) is 13.1. The van der Waals surface area contributed by atoms with Gasteiger partial charge in [-0.2, -0.15) is 0 Å². The molecule has 0 aliphatic rings. The second-order valence-corrected chi connectivity index (χ2v) is 5.35. The van der Waals surface area contributed by atoms with Gasteiger partial charge in [-0.1, -0.05) is 32.9 Å². The fourth-order valence-corrected chi connectivity index (χ4v) is 1.66. The highest BCUT2D eigenvalue weighted by molar-refractivity contribution is 5.88. The fourth-order valence-electron chi connectivity index (χ4n) is 1.66. The first-order valence-corrected chi connectivity index (χ1v) is 5.75. The van der Waals surface area contributed by atoms with Crippen LogP contribution in [0.25, 0.3) is 0 Å². The molecule has 0 saturated heterocycles. The summed E-state index contributed by atoms with van der Waals surface area (Å²) in [7, 11) is 0. The Morgan fingerprint density at radius 1 is 1.33 bits per heavy atom. The Morgan fingerprint density at radius 2 is 1.83 bits per heavy atom. The van der Waals surface area contributed by atoms with Crippen molar-refractivity contribution in [3.8, 4) is 0 Å². The molecule has 0 amide bonds.